The predicted octanol–water partition coefficient (Wildman–Crippen LogP) is 2.52. The van der Waals surface area contributed by atoms with E-state index in [9.17, 15) is 18.5 Å². The number of sulfonamides is 1. The standard InChI is InChI=1S/C10H9ClN4O4S2/c1-5-3-7(11)8(15(16)17)4-9(5)21(18,19)14-10-13-12-6(2)20-10/h3-4H,1-2H3,(H,13,14). The van der Waals surface area contributed by atoms with Crippen molar-refractivity contribution in [2.24, 2.45) is 0 Å². The van der Waals surface area contributed by atoms with Crippen LogP contribution in [0.15, 0.2) is 17.0 Å². The second kappa shape index (κ2) is 5.54. The third-order valence-electron chi connectivity index (χ3n) is 2.48. The first-order chi connectivity index (χ1) is 9.70. The smallest absolute Gasteiger partial charge is 0.258 e. The molecule has 0 atom stereocenters. The SMILES string of the molecule is Cc1nnc(NS(=O)(=O)c2cc([N+](=O)[O-])c(Cl)cc2C)s1. The summed E-state index contributed by atoms with van der Waals surface area (Å²) in [5.74, 6) is 0. The summed E-state index contributed by atoms with van der Waals surface area (Å²) in [4.78, 5) is 9.89. The lowest BCUT2D eigenvalue weighted by molar-refractivity contribution is -0.384. The molecule has 0 aliphatic rings. The molecule has 0 aliphatic carbocycles. The van der Waals surface area contributed by atoms with Crippen LogP contribution in [0.4, 0.5) is 10.8 Å². The summed E-state index contributed by atoms with van der Waals surface area (Å²) in [6.07, 6.45) is 0. The van der Waals surface area contributed by atoms with Crippen LogP contribution in [0.25, 0.3) is 0 Å². The molecule has 1 aromatic carbocycles. The molecule has 112 valence electrons. The summed E-state index contributed by atoms with van der Waals surface area (Å²) in [7, 11) is -4.01. The van der Waals surface area contributed by atoms with E-state index in [1.54, 1.807) is 6.92 Å². The fraction of sp³-hybridized carbons (Fsp3) is 0.200. The number of rotatable bonds is 4. The Hall–Kier alpha value is -1.78. The molecule has 0 aliphatic heterocycles. The van der Waals surface area contributed by atoms with Crippen LogP contribution in [0.2, 0.25) is 5.02 Å². The molecule has 0 fully saturated rings. The molecule has 0 amide bonds. The van der Waals surface area contributed by atoms with E-state index in [0.29, 0.717) is 10.6 Å². The highest BCUT2D eigenvalue weighted by Gasteiger charge is 2.24. The van der Waals surface area contributed by atoms with Crippen molar-refractivity contribution in [3.05, 3.63) is 37.8 Å². The van der Waals surface area contributed by atoms with Crippen LogP contribution in [-0.2, 0) is 10.0 Å². The van der Waals surface area contributed by atoms with Gasteiger partial charge in [-0.25, -0.2) is 8.42 Å². The highest BCUT2D eigenvalue weighted by molar-refractivity contribution is 7.93. The molecule has 0 bridgehead atoms. The van der Waals surface area contributed by atoms with Crippen molar-refractivity contribution in [2.75, 3.05) is 4.72 Å². The van der Waals surface area contributed by atoms with Crippen LogP contribution in [0.1, 0.15) is 10.6 Å². The predicted molar refractivity (Wildman–Crippen MR) is 78.3 cm³/mol. The third kappa shape index (κ3) is 3.28. The van der Waals surface area contributed by atoms with Crippen molar-refractivity contribution < 1.29 is 13.3 Å². The highest BCUT2D eigenvalue weighted by atomic mass is 35.5. The molecule has 1 heterocycles. The lowest BCUT2D eigenvalue weighted by atomic mass is 10.2. The Kier molecular flexibility index (Phi) is 4.12. The Morgan fingerprint density at radius 3 is 2.52 bits per heavy atom. The molecule has 0 radical (unpaired) electrons. The molecule has 2 rings (SSSR count). The second-order valence-electron chi connectivity index (χ2n) is 4.06. The van der Waals surface area contributed by atoms with Crippen LogP contribution >= 0.6 is 22.9 Å². The lowest BCUT2D eigenvalue weighted by Gasteiger charge is -2.08. The first-order valence-electron chi connectivity index (χ1n) is 5.48. The number of nitro benzene ring substituents is 1. The van der Waals surface area contributed by atoms with Crippen LogP contribution < -0.4 is 4.72 Å². The average molecular weight is 349 g/mol. The number of nitrogens with zero attached hydrogens (tertiary/aromatic N) is 3. The van der Waals surface area contributed by atoms with E-state index in [-0.39, 0.29) is 15.0 Å². The minimum absolute atomic E-state index is 0.0875. The zero-order valence-corrected chi connectivity index (χ0v) is 13.2. The fourth-order valence-corrected chi connectivity index (χ4v) is 3.94. The van der Waals surface area contributed by atoms with Crippen LogP contribution in [0, 0.1) is 24.0 Å². The highest BCUT2D eigenvalue weighted by Crippen LogP contribution is 2.31. The monoisotopic (exact) mass is 348 g/mol. The number of aromatic nitrogens is 2. The van der Waals surface area contributed by atoms with E-state index in [1.807, 2.05) is 0 Å². The van der Waals surface area contributed by atoms with Crippen LogP contribution in [0.3, 0.4) is 0 Å². The second-order valence-corrected chi connectivity index (χ2v) is 7.30. The maximum Gasteiger partial charge on any atom is 0.289 e. The van der Waals surface area contributed by atoms with Gasteiger partial charge in [0.2, 0.25) is 5.13 Å². The summed E-state index contributed by atoms with van der Waals surface area (Å²) < 4.78 is 26.8. The van der Waals surface area contributed by atoms with Crippen molar-refractivity contribution >= 4 is 43.8 Å². The largest absolute Gasteiger partial charge is 0.289 e. The van der Waals surface area contributed by atoms with Crippen LogP contribution in [-0.4, -0.2) is 23.5 Å². The van der Waals surface area contributed by atoms with Gasteiger partial charge < -0.3 is 0 Å². The molecule has 2 aromatic rings. The number of nitrogens with one attached hydrogen (secondary N) is 1. The van der Waals surface area contributed by atoms with Gasteiger partial charge in [-0.05, 0) is 25.5 Å². The Morgan fingerprint density at radius 1 is 1.33 bits per heavy atom. The summed E-state index contributed by atoms with van der Waals surface area (Å²) in [6, 6.07) is 2.16. The summed E-state index contributed by atoms with van der Waals surface area (Å²) in [5.41, 5.74) is -0.185. The van der Waals surface area contributed by atoms with Crippen molar-refractivity contribution in [3.8, 4) is 0 Å². The van der Waals surface area contributed by atoms with Gasteiger partial charge in [0.25, 0.3) is 15.7 Å². The van der Waals surface area contributed by atoms with Gasteiger partial charge in [-0.2, -0.15) is 0 Å². The molecule has 21 heavy (non-hydrogen) atoms. The van der Waals surface area contributed by atoms with E-state index in [1.165, 1.54) is 13.0 Å². The van der Waals surface area contributed by atoms with Gasteiger partial charge >= 0.3 is 0 Å². The van der Waals surface area contributed by atoms with Gasteiger partial charge in [0.15, 0.2) is 0 Å². The minimum Gasteiger partial charge on any atom is -0.258 e. The van der Waals surface area contributed by atoms with E-state index in [4.69, 9.17) is 11.6 Å². The number of anilines is 1. The van der Waals surface area contributed by atoms with E-state index in [2.05, 4.69) is 14.9 Å². The first-order valence-corrected chi connectivity index (χ1v) is 8.16. The van der Waals surface area contributed by atoms with Crippen molar-refractivity contribution in [2.45, 2.75) is 18.7 Å². The molecule has 11 heteroatoms. The number of hydrogen-bond donors (Lipinski definition) is 1. The number of aryl methyl sites for hydroxylation is 2. The maximum absolute atomic E-state index is 12.3. The quantitative estimate of drug-likeness (QED) is 0.670. The first kappa shape index (κ1) is 15.6. The zero-order valence-electron chi connectivity index (χ0n) is 10.8. The molecule has 0 saturated carbocycles. The topological polar surface area (TPSA) is 115 Å². The number of halogens is 1. The normalized spacial score (nSPS) is 11.4. The number of benzene rings is 1. The molecule has 1 aromatic heterocycles. The molecule has 8 nitrogen and oxygen atoms in total. The Balaban J connectivity index is 2.49. The summed E-state index contributed by atoms with van der Waals surface area (Å²) >= 11 is 6.79. The average Bonchev–Trinajstić information content (AvgIpc) is 2.72. The van der Waals surface area contributed by atoms with E-state index < -0.39 is 20.6 Å². The van der Waals surface area contributed by atoms with Crippen molar-refractivity contribution in [1.29, 1.82) is 0 Å². The number of nitro groups is 1. The lowest BCUT2D eigenvalue weighted by Crippen LogP contribution is -2.14. The Bertz CT molecular complexity index is 818. The molecule has 0 saturated heterocycles. The van der Waals surface area contributed by atoms with Gasteiger partial charge in [0.1, 0.15) is 10.0 Å². The molecular weight excluding hydrogens is 340 g/mol. The van der Waals surface area contributed by atoms with Gasteiger partial charge in [-0.3, -0.25) is 14.8 Å². The summed E-state index contributed by atoms with van der Waals surface area (Å²) in [5, 5.41) is 18.8. The Labute approximate surface area is 129 Å². The Morgan fingerprint density at radius 2 is 2.00 bits per heavy atom. The fourth-order valence-electron chi connectivity index (χ4n) is 1.58. The molecule has 1 N–H and O–H groups in total. The van der Waals surface area contributed by atoms with Crippen molar-refractivity contribution in [1.82, 2.24) is 10.2 Å². The van der Waals surface area contributed by atoms with Gasteiger partial charge in [-0.15, -0.1) is 10.2 Å². The van der Waals surface area contributed by atoms with E-state index in [0.717, 1.165) is 17.4 Å². The molecule has 0 spiro atoms. The van der Waals surface area contributed by atoms with Gasteiger partial charge in [0.05, 0.1) is 9.82 Å². The minimum atomic E-state index is -4.01. The van der Waals surface area contributed by atoms with Gasteiger partial charge in [0, 0.05) is 6.07 Å². The summed E-state index contributed by atoms with van der Waals surface area (Å²) in [6.45, 7) is 3.17. The molecule has 0 unspecified atom stereocenters. The maximum atomic E-state index is 12.3. The molecular formula is C10H9ClN4O4S2. The van der Waals surface area contributed by atoms with Crippen molar-refractivity contribution in [3.63, 3.8) is 0 Å². The zero-order chi connectivity index (χ0) is 15.8. The van der Waals surface area contributed by atoms with E-state index >= 15 is 0 Å². The third-order valence-corrected chi connectivity index (χ3v) is 5.15. The van der Waals surface area contributed by atoms with Gasteiger partial charge in [-0.1, -0.05) is 22.9 Å². The number of hydrogen-bond acceptors (Lipinski definition) is 7. The van der Waals surface area contributed by atoms with Crippen LogP contribution in [0.5, 0.6) is 0 Å².